The van der Waals surface area contributed by atoms with Crippen molar-refractivity contribution >= 4 is 5.91 Å². The summed E-state index contributed by atoms with van der Waals surface area (Å²) in [4.78, 5) is 19.4. The lowest BCUT2D eigenvalue weighted by Gasteiger charge is -2.09. The van der Waals surface area contributed by atoms with Crippen molar-refractivity contribution in [1.29, 1.82) is 0 Å². The van der Waals surface area contributed by atoms with Crippen LogP contribution in [0, 0.1) is 5.92 Å². The van der Waals surface area contributed by atoms with Crippen LogP contribution in [-0.4, -0.2) is 35.5 Å². The van der Waals surface area contributed by atoms with Gasteiger partial charge in [0.05, 0.1) is 6.20 Å². The van der Waals surface area contributed by atoms with Gasteiger partial charge in [0.15, 0.2) is 0 Å². The zero-order valence-corrected chi connectivity index (χ0v) is 8.44. The van der Waals surface area contributed by atoms with Crippen LogP contribution in [0.2, 0.25) is 0 Å². The molecular formula is C10H14N4O. The molecule has 0 saturated carbocycles. The van der Waals surface area contributed by atoms with Crippen molar-refractivity contribution < 1.29 is 4.79 Å². The Morgan fingerprint density at radius 1 is 1.60 bits per heavy atom. The van der Waals surface area contributed by atoms with Crippen molar-refractivity contribution in [1.82, 2.24) is 20.6 Å². The highest BCUT2D eigenvalue weighted by Crippen LogP contribution is 2.05. The molecule has 1 atom stereocenters. The van der Waals surface area contributed by atoms with E-state index < -0.39 is 0 Å². The van der Waals surface area contributed by atoms with E-state index in [4.69, 9.17) is 0 Å². The Hall–Kier alpha value is -1.49. The maximum atomic E-state index is 11.6. The van der Waals surface area contributed by atoms with Gasteiger partial charge in [0.25, 0.3) is 5.91 Å². The first-order valence-electron chi connectivity index (χ1n) is 5.11. The van der Waals surface area contributed by atoms with Crippen LogP contribution < -0.4 is 10.6 Å². The van der Waals surface area contributed by atoms with E-state index in [0.29, 0.717) is 18.2 Å². The molecule has 1 fully saturated rings. The van der Waals surface area contributed by atoms with Gasteiger partial charge in [-0.15, -0.1) is 0 Å². The van der Waals surface area contributed by atoms with Gasteiger partial charge in [-0.2, -0.15) is 0 Å². The largest absolute Gasteiger partial charge is 0.350 e. The van der Waals surface area contributed by atoms with Gasteiger partial charge < -0.3 is 10.6 Å². The fraction of sp³-hybridized carbons (Fsp3) is 0.500. The average Bonchev–Trinajstić information content (AvgIpc) is 2.80. The maximum Gasteiger partial charge on any atom is 0.271 e. The Balaban J connectivity index is 1.82. The summed E-state index contributed by atoms with van der Waals surface area (Å²) in [5.41, 5.74) is 0.378. The second-order valence-electron chi connectivity index (χ2n) is 3.66. The molecule has 0 spiro atoms. The average molecular weight is 206 g/mol. The quantitative estimate of drug-likeness (QED) is 0.719. The number of nitrogens with zero attached hydrogens (tertiary/aromatic N) is 2. The zero-order valence-electron chi connectivity index (χ0n) is 8.44. The summed E-state index contributed by atoms with van der Waals surface area (Å²) >= 11 is 0. The summed E-state index contributed by atoms with van der Waals surface area (Å²) in [6, 6.07) is 0. The lowest BCUT2D eigenvalue weighted by Crippen LogP contribution is -2.30. The van der Waals surface area contributed by atoms with E-state index in [1.807, 2.05) is 0 Å². The van der Waals surface area contributed by atoms with Crippen LogP contribution in [-0.2, 0) is 0 Å². The van der Waals surface area contributed by atoms with Crippen LogP contribution in [0.3, 0.4) is 0 Å². The summed E-state index contributed by atoms with van der Waals surface area (Å²) in [6.45, 7) is 2.74. The van der Waals surface area contributed by atoms with Gasteiger partial charge >= 0.3 is 0 Å². The van der Waals surface area contributed by atoms with E-state index >= 15 is 0 Å². The van der Waals surface area contributed by atoms with Gasteiger partial charge in [-0.1, -0.05) is 0 Å². The van der Waals surface area contributed by atoms with Crippen LogP contribution in [0.1, 0.15) is 16.9 Å². The van der Waals surface area contributed by atoms with Crippen molar-refractivity contribution in [3.05, 3.63) is 24.3 Å². The van der Waals surface area contributed by atoms with Crippen LogP contribution in [0.25, 0.3) is 0 Å². The minimum Gasteiger partial charge on any atom is -0.350 e. The van der Waals surface area contributed by atoms with Gasteiger partial charge in [-0.25, -0.2) is 4.98 Å². The molecule has 1 aliphatic rings. The van der Waals surface area contributed by atoms with E-state index in [0.717, 1.165) is 19.5 Å². The third kappa shape index (κ3) is 2.73. The highest BCUT2D eigenvalue weighted by Gasteiger charge is 2.15. The molecule has 1 aromatic heterocycles. The van der Waals surface area contributed by atoms with Crippen molar-refractivity contribution in [2.24, 2.45) is 5.92 Å². The standard InChI is InChI=1S/C10H14N4O/c15-10(9-7-12-3-4-13-9)14-6-8-1-2-11-5-8/h3-4,7-8,11H,1-2,5-6H2,(H,14,15)/t8-/m0/s1. The molecule has 80 valence electrons. The molecule has 0 aliphatic carbocycles. The number of aromatic nitrogens is 2. The van der Waals surface area contributed by atoms with Gasteiger partial charge in [-0.3, -0.25) is 9.78 Å². The molecule has 2 N–H and O–H groups in total. The second kappa shape index (κ2) is 4.84. The molecular weight excluding hydrogens is 192 g/mol. The fourth-order valence-electron chi connectivity index (χ4n) is 1.63. The molecule has 5 nitrogen and oxygen atoms in total. The molecule has 1 aliphatic heterocycles. The predicted octanol–water partition coefficient (Wildman–Crippen LogP) is -0.184. The monoisotopic (exact) mass is 206 g/mol. The van der Waals surface area contributed by atoms with Crippen molar-refractivity contribution in [2.75, 3.05) is 19.6 Å². The van der Waals surface area contributed by atoms with Gasteiger partial charge in [0, 0.05) is 18.9 Å². The van der Waals surface area contributed by atoms with Crippen LogP contribution >= 0.6 is 0 Å². The third-order valence-corrected chi connectivity index (χ3v) is 2.51. The molecule has 0 bridgehead atoms. The molecule has 1 saturated heterocycles. The summed E-state index contributed by atoms with van der Waals surface area (Å²) in [5, 5.41) is 6.12. The Labute approximate surface area is 88.3 Å². The molecule has 1 amide bonds. The van der Waals surface area contributed by atoms with E-state index in [2.05, 4.69) is 20.6 Å². The molecule has 0 unspecified atom stereocenters. The van der Waals surface area contributed by atoms with E-state index in [1.54, 1.807) is 6.20 Å². The minimum absolute atomic E-state index is 0.144. The van der Waals surface area contributed by atoms with Crippen molar-refractivity contribution in [3.63, 3.8) is 0 Å². The molecule has 1 aromatic rings. The number of hydrogen-bond acceptors (Lipinski definition) is 4. The number of nitrogens with one attached hydrogen (secondary N) is 2. The van der Waals surface area contributed by atoms with Crippen molar-refractivity contribution in [2.45, 2.75) is 6.42 Å². The molecule has 2 heterocycles. The molecule has 0 aromatic carbocycles. The highest BCUT2D eigenvalue weighted by atomic mass is 16.1. The summed E-state index contributed by atoms with van der Waals surface area (Å²) < 4.78 is 0. The normalized spacial score (nSPS) is 20.1. The van der Waals surface area contributed by atoms with E-state index in [-0.39, 0.29) is 5.91 Å². The second-order valence-corrected chi connectivity index (χ2v) is 3.66. The van der Waals surface area contributed by atoms with Gasteiger partial charge in [-0.05, 0) is 25.4 Å². The Bertz CT molecular complexity index is 321. The first-order chi connectivity index (χ1) is 7.36. The summed E-state index contributed by atoms with van der Waals surface area (Å²) in [5.74, 6) is 0.403. The highest BCUT2D eigenvalue weighted by molar-refractivity contribution is 5.91. The number of hydrogen-bond donors (Lipinski definition) is 2. The van der Waals surface area contributed by atoms with Crippen LogP contribution in [0.15, 0.2) is 18.6 Å². The summed E-state index contributed by atoms with van der Waals surface area (Å²) in [6.07, 6.45) is 5.67. The maximum absolute atomic E-state index is 11.6. The molecule has 5 heteroatoms. The number of carbonyl (C=O) groups is 1. The molecule has 2 rings (SSSR count). The first-order valence-corrected chi connectivity index (χ1v) is 5.11. The molecule has 15 heavy (non-hydrogen) atoms. The summed E-state index contributed by atoms with van der Waals surface area (Å²) in [7, 11) is 0. The number of amides is 1. The smallest absolute Gasteiger partial charge is 0.271 e. The first kappa shape index (κ1) is 10.0. The fourth-order valence-corrected chi connectivity index (χ4v) is 1.63. The lowest BCUT2D eigenvalue weighted by atomic mass is 10.1. The topological polar surface area (TPSA) is 66.9 Å². The lowest BCUT2D eigenvalue weighted by molar-refractivity contribution is 0.0943. The van der Waals surface area contributed by atoms with Crippen molar-refractivity contribution in [3.8, 4) is 0 Å². The van der Waals surface area contributed by atoms with E-state index in [1.165, 1.54) is 12.4 Å². The zero-order chi connectivity index (χ0) is 10.5. The number of carbonyl (C=O) groups excluding carboxylic acids is 1. The van der Waals surface area contributed by atoms with Gasteiger partial charge in [0.1, 0.15) is 5.69 Å². The van der Waals surface area contributed by atoms with E-state index in [9.17, 15) is 4.79 Å². The third-order valence-electron chi connectivity index (χ3n) is 2.51. The van der Waals surface area contributed by atoms with Gasteiger partial charge in [0.2, 0.25) is 0 Å². The Morgan fingerprint density at radius 3 is 3.20 bits per heavy atom. The molecule has 0 radical (unpaired) electrons. The number of rotatable bonds is 3. The Kier molecular flexibility index (Phi) is 3.24. The van der Waals surface area contributed by atoms with Crippen LogP contribution in [0.5, 0.6) is 0 Å². The predicted molar refractivity (Wildman–Crippen MR) is 55.3 cm³/mol. The minimum atomic E-state index is -0.144. The Morgan fingerprint density at radius 2 is 2.53 bits per heavy atom. The van der Waals surface area contributed by atoms with Crippen LogP contribution in [0.4, 0.5) is 0 Å². The SMILES string of the molecule is O=C(NC[C@H]1CCNC1)c1cnccn1.